The van der Waals surface area contributed by atoms with Crippen molar-refractivity contribution in [3.05, 3.63) is 29.8 Å². The highest BCUT2D eigenvalue weighted by Gasteiger charge is 2.16. The molecule has 0 bridgehead atoms. The molecule has 1 amide bonds. The molecule has 3 N–H and O–H groups in total. The smallest absolute Gasteiger partial charge is 0.239 e. The van der Waals surface area contributed by atoms with Gasteiger partial charge in [0.2, 0.25) is 5.91 Å². The zero-order chi connectivity index (χ0) is 12.0. The highest BCUT2D eigenvalue weighted by atomic mass is 16.5. The minimum Gasteiger partial charge on any atom is -0.494 e. The molecule has 4 heteroatoms. The third kappa shape index (κ3) is 3.24. The normalized spacial score (nSPS) is 12.1. The van der Waals surface area contributed by atoms with Gasteiger partial charge in [0, 0.05) is 0 Å². The van der Waals surface area contributed by atoms with Gasteiger partial charge in [-0.05, 0) is 31.2 Å². The lowest BCUT2D eigenvalue weighted by Crippen LogP contribution is -2.33. The van der Waals surface area contributed by atoms with Crippen molar-refractivity contribution in [3.8, 4) is 5.75 Å². The summed E-state index contributed by atoms with van der Waals surface area (Å²) in [6.07, 6.45) is 0. The zero-order valence-electron chi connectivity index (χ0n) is 9.69. The molecule has 0 aromatic heterocycles. The van der Waals surface area contributed by atoms with Crippen LogP contribution in [0, 0.1) is 0 Å². The number of benzene rings is 1. The number of primary amides is 1. The van der Waals surface area contributed by atoms with Crippen LogP contribution in [-0.2, 0) is 4.79 Å². The molecule has 0 spiro atoms. The molecule has 1 aromatic rings. The van der Waals surface area contributed by atoms with Crippen LogP contribution in [0.1, 0.15) is 25.5 Å². The largest absolute Gasteiger partial charge is 0.494 e. The molecule has 0 saturated carbocycles. The highest BCUT2D eigenvalue weighted by molar-refractivity contribution is 5.81. The maximum Gasteiger partial charge on any atom is 0.239 e. The van der Waals surface area contributed by atoms with Crippen LogP contribution < -0.4 is 15.8 Å². The van der Waals surface area contributed by atoms with Crippen LogP contribution >= 0.6 is 0 Å². The van der Waals surface area contributed by atoms with Gasteiger partial charge in [0.15, 0.2) is 0 Å². The van der Waals surface area contributed by atoms with E-state index >= 15 is 0 Å². The number of hydrogen-bond acceptors (Lipinski definition) is 3. The van der Waals surface area contributed by atoms with Crippen molar-refractivity contribution in [2.45, 2.75) is 19.9 Å². The monoisotopic (exact) mass is 222 g/mol. The summed E-state index contributed by atoms with van der Waals surface area (Å²) in [6.45, 7) is 5.14. The molecule has 0 aliphatic carbocycles. The van der Waals surface area contributed by atoms with Gasteiger partial charge < -0.3 is 15.8 Å². The average molecular weight is 222 g/mol. The van der Waals surface area contributed by atoms with E-state index in [4.69, 9.17) is 10.5 Å². The van der Waals surface area contributed by atoms with Crippen molar-refractivity contribution < 1.29 is 9.53 Å². The number of rotatable bonds is 6. The quantitative estimate of drug-likeness (QED) is 0.760. The van der Waals surface area contributed by atoms with E-state index in [1.807, 2.05) is 38.1 Å². The second kappa shape index (κ2) is 6.12. The second-order valence-corrected chi connectivity index (χ2v) is 3.40. The van der Waals surface area contributed by atoms with Crippen molar-refractivity contribution in [2.24, 2.45) is 5.73 Å². The first kappa shape index (κ1) is 12.5. The van der Waals surface area contributed by atoms with Crippen molar-refractivity contribution >= 4 is 5.91 Å². The molecular weight excluding hydrogens is 204 g/mol. The maximum atomic E-state index is 11.3. The minimum atomic E-state index is -0.453. The second-order valence-electron chi connectivity index (χ2n) is 3.40. The van der Waals surface area contributed by atoms with Gasteiger partial charge in [-0.25, -0.2) is 0 Å². The molecule has 0 aliphatic rings. The van der Waals surface area contributed by atoms with E-state index in [2.05, 4.69) is 5.32 Å². The summed E-state index contributed by atoms with van der Waals surface area (Å²) in [5.41, 5.74) is 6.17. The van der Waals surface area contributed by atoms with Gasteiger partial charge >= 0.3 is 0 Å². The van der Waals surface area contributed by atoms with Crippen molar-refractivity contribution in [1.82, 2.24) is 5.32 Å². The first-order valence-electron chi connectivity index (χ1n) is 5.44. The third-order valence-electron chi connectivity index (χ3n) is 2.20. The Morgan fingerprint density at radius 2 is 2.25 bits per heavy atom. The van der Waals surface area contributed by atoms with E-state index in [1.165, 1.54) is 0 Å². The van der Waals surface area contributed by atoms with E-state index in [0.29, 0.717) is 13.2 Å². The average Bonchev–Trinajstić information content (AvgIpc) is 2.26. The molecule has 0 radical (unpaired) electrons. The molecule has 1 atom stereocenters. The van der Waals surface area contributed by atoms with Crippen LogP contribution in [0.5, 0.6) is 5.75 Å². The molecule has 88 valence electrons. The maximum absolute atomic E-state index is 11.3. The Hall–Kier alpha value is -1.55. The molecule has 4 nitrogen and oxygen atoms in total. The first-order chi connectivity index (χ1) is 7.69. The van der Waals surface area contributed by atoms with Gasteiger partial charge in [-0.1, -0.05) is 19.1 Å². The number of nitrogens with two attached hydrogens (primary N) is 1. The van der Waals surface area contributed by atoms with Crippen LogP contribution in [0.3, 0.4) is 0 Å². The topological polar surface area (TPSA) is 64.3 Å². The molecule has 16 heavy (non-hydrogen) atoms. The summed E-state index contributed by atoms with van der Waals surface area (Å²) in [4.78, 5) is 11.3. The Balaban J connectivity index is 2.90. The summed E-state index contributed by atoms with van der Waals surface area (Å²) in [5.74, 6) is 0.375. The van der Waals surface area contributed by atoms with E-state index in [0.717, 1.165) is 11.3 Å². The molecule has 1 rings (SSSR count). The van der Waals surface area contributed by atoms with Crippen LogP contribution in [0.4, 0.5) is 0 Å². The molecule has 0 aliphatic heterocycles. The Morgan fingerprint density at radius 1 is 1.50 bits per heavy atom. The number of carbonyl (C=O) groups is 1. The summed E-state index contributed by atoms with van der Waals surface area (Å²) in [7, 11) is 0. The van der Waals surface area contributed by atoms with E-state index in [9.17, 15) is 4.79 Å². The summed E-state index contributed by atoms with van der Waals surface area (Å²) < 4.78 is 5.37. The van der Waals surface area contributed by atoms with Gasteiger partial charge in [0.25, 0.3) is 0 Å². The summed E-state index contributed by atoms with van der Waals surface area (Å²) in [6, 6.07) is 6.96. The van der Waals surface area contributed by atoms with E-state index in [-0.39, 0.29) is 5.91 Å². The van der Waals surface area contributed by atoms with E-state index < -0.39 is 6.04 Å². The Morgan fingerprint density at radius 3 is 2.81 bits per heavy atom. The third-order valence-corrected chi connectivity index (χ3v) is 2.20. The predicted octanol–water partition coefficient (Wildman–Crippen LogP) is 1.22. The molecule has 1 aromatic carbocycles. The molecule has 0 saturated heterocycles. The van der Waals surface area contributed by atoms with Gasteiger partial charge in [-0.15, -0.1) is 0 Å². The van der Waals surface area contributed by atoms with E-state index in [1.54, 1.807) is 0 Å². The number of hydrogen-bond donors (Lipinski definition) is 2. The number of carbonyl (C=O) groups excluding carboxylic acids is 1. The molecular formula is C12H18N2O2. The van der Waals surface area contributed by atoms with Crippen molar-refractivity contribution in [3.63, 3.8) is 0 Å². The number of likely N-dealkylation sites (N-methyl/N-ethyl adjacent to an activating group) is 1. The van der Waals surface area contributed by atoms with Crippen LogP contribution in [0.25, 0.3) is 0 Å². The minimum absolute atomic E-state index is 0.379. The molecule has 0 heterocycles. The lowest BCUT2D eigenvalue weighted by Gasteiger charge is -2.15. The van der Waals surface area contributed by atoms with Crippen LogP contribution in [-0.4, -0.2) is 19.1 Å². The fourth-order valence-corrected chi connectivity index (χ4v) is 1.54. The zero-order valence-corrected chi connectivity index (χ0v) is 9.69. The standard InChI is InChI=1S/C12H18N2O2/c1-3-14-11(12(13)15)9-6-5-7-10(8-9)16-4-2/h5-8,11,14H,3-4H2,1-2H3,(H2,13,15). The highest BCUT2D eigenvalue weighted by Crippen LogP contribution is 2.19. The van der Waals surface area contributed by atoms with Crippen molar-refractivity contribution in [2.75, 3.05) is 13.2 Å². The SMILES string of the molecule is CCNC(C(N)=O)c1cccc(OCC)c1. The van der Waals surface area contributed by atoms with Crippen LogP contribution in [0.15, 0.2) is 24.3 Å². The van der Waals surface area contributed by atoms with Crippen molar-refractivity contribution in [1.29, 1.82) is 0 Å². The molecule has 0 fully saturated rings. The first-order valence-corrected chi connectivity index (χ1v) is 5.44. The van der Waals surface area contributed by atoms with Gasteiger partial charge in [-0.3, -0.25) is 4.79 Å². The van der Waals surface area contributed by atoms with Crippen LogP contribution in [0.2, 0.25) is 0 Å². The van der Waals surface area contributed by atoms with Gasteiger partial charge in [0.1, 0.15) is 11.8 Å². The lowest BCUT2D eigenvalue weighted by molar-refractivity contribution is -0.120. The Bertz CT molecular complexity index is 353. The summed E-state index contributed by atoms with van der Waals surface area (Å²) in [5, 5.41) is 3.04. The number of nitrogens with one attached hydrogen (secondary N) is 1. The molecule has 1 unspecified atom stereocenters. The van der Waals surface area contributed by atoms with Gasteiger partial charge in [0.05, 0.1) is 6.61 Å². The Labute approximate surface area is 95.8 Å². The number of ether oxygens (including phenoxy) is 1. The number of amides is 1. The fourth-order valence-electron chi connectivity index (χ4n) is 1.54. The van der Waals surface area contributed by atoms with Gasteiger partial charge in [-0.2, -0.15) is 0 Å². The fraction of sp³-hybridized carbons (Fsp3) is 0.417. The lowest BCUT2D eigenvalue weighted by atomic mass is 10.1. The predicted molar refractivity (Wildman–Crippen MR) is 63.2 cm³/mol. The summed E-state index contributed by atoms with van der Waals surface area (Å²) >= 11 is 0. The Kier molecular flexibility index (Phi) is 4.79.